The summed E-state index contributed by atoms with van der Waals surface area (Å²) in [4.78, 5) is 18.1. The van der Waals surface area contributed by atoms with Crippen LogP contribution in [0.1, 0.15) is 24.2 Å². The van der Waals surface area contributed by atoms with Gasteiger partial charge in [0.1, 0.15) is 5.82 Å². The minimum Gasteiger partial charge on any atom is -0.481 e. The van der Waals surface area contributed by atoms with E-state index in [0.717, 1.165) is 30.5 Å². The number of aliphatic carboxylic acids is 1. The van der Waals surface area contributed by atoms with Crippen LogP contribution in [0.4, 0.5) is 32.2 Å². The van der Waals surface area contributed by atoms with Gasteiger partial charge in [-0.25, -0.2) is 9.97 Å². The largest absolute Gasteiger partial charge is 0.481 e. The van der Waals surface area contributed by atoms with E-state index in [1.165, 1.54) is 18.3 Å². The molecule has 5 N–H and O–H groups in total. The lowest BCUT2D eigenvalue weighted by Crippen LogP contribution is -2.19. The third-order valence-corrected chi connectivity index (χ3v) is 5.06. The van der Waals surface area contributed by atoms with Crippen molar-refractivity contribution in [2.75, 3.05) is 5.73 Å². The smallest absolute Gasteiger partial charge is 0.450 e. The molecule has 1 aromatic carbocycles. The molecule has 0 aliphatic heterocycles. The van der Waals surface area contributed by atoms with E-state index >= 15 is 0 Å². The summed E-state index contributed by atoms with van der Waals surface area (Å²) in [6.45, 7) is 0. The summed E-state index contributed by atoms with van der Waals surface area (Å²) in [5, 5.41) is 28.5. The number of carboxylic acid groups (broad SMARTS) is 1. The van der Waals surface area contributed by atoms with Crippen molar-refractivity contribution in [3.63, 3.8) is 0 Å². The number of pyridine rings is 1. The quantitative estimate of drug-likeness (QED) is 0.319. The van der Waals surface area contributed by atoms with E-state index in [9.17, 15) is 41.4 Å². The number of aliphatic hydroxyl groups excluding tert-OH is 2. The zero-order valence-corrected chi connectivity index (χ0v) is 18.7. The average Bonchev–Trinajstić information content (AvgIpc) is 3.17. The van der Waals surface area contributed by atoms with Crippen molar-refractivity contribution in [3.05, 3.63) is 60.1 Å². The average molecular weight is 530 g/mol. The molecule has 0 saturated heterocycles. The maximum absolute atomic E-state index is 14.0. The Balaban J connectivity index is 2.23. The van der Waals surface area contributed by atoms with E-state index in [0.29, 0.717) is 10.6 Å². The molecule has 0 saturated carbocycles. The Labute approximate surface area is 205 Å². The van der Waals surface area contributed by atoms with E-state index < -0.39 is 60.5 Å². The molecule has 0 bridgehead atoms. The lowest BCUT2D eigenvalue weighted by atomic mass is 10.0. The van der Waals surface area contributed by atoms with Crippen LogP contribution < -0.4 is 5.73 Å². The molecule has 3 rings (SSSR count). The van der Waals surface area contributed by atoms with Crippen LogP contribution in [0.3, 0.4) is 0 Å². The lowest BCUT2D eigenvalue weighted by molar-refractivity contribution is -0.145. The first-order valence-electron chi connectivity index (χ1n) is 10.5. The maximum Gasteiger partial charge on any atom is 0.450 e. The molecule has 0 amide bonds. The predicted octanol–water partition coefficient (Wildman–Crippen LogP) is 4.29. The number of aliphatic hydroxyl groups is 2. The molecule has 198 valence electrons. The molecule has 0 radical (unpaired) electrons. The van der Waals surface area contributed by atoms with Gasteiger partial charge in [-0.3, -0.25) is 9.36 Å². The summed E-state index contributed by atoms with van der Waals surface area (Å²) in [7, 11) is 0. The number of hydrogen-bond donors (Lipinski definition) is 4. The number of nitrogen functional groups attached to an aromatic ring is 1. The topological polar surface area (TPSA) is 134 Å². The minimum atomic E-state index is -5.08. The van der Waals surface area contributed by atoms with Crippen molar-refractivity contribution in [1.29, 1.82) is 0 Å². The Kier molecular flexibility index (Phi) is 7.93. The van der Waals surface area contributed by atoms with Gasteiger partial charge in [0, 0.05) is 29.9 Å². The first-order chi connectivity index (χ1) is 17.2. The van der Waals surface area contributed by atoms with E-state index in [1.54, 1.807) is 0 Å². The number of benzene rings is 1. The Hall–Kier alpha value is -3.91. The molecule has 2 atom stereocenters. The van der Waals surface area contributed by atoms with Crippen molar-refractivity contribution in [1.82, 2.24) is 14.5 Å². The fraction of sp³-hybridized carbons (Fsp3) is 0.261. The number of alkyl halides is 6. The predicted molar refractivity (Wildman–Crippen MR) is 120 cm³/mol. The second kappa shape index (κ2) is 10.6. The van der Waals surface area contributed by atoms with Gasteiger partial charge < -0.3 is 21.1 Å². The molecular weight excluding hydrogens is 510 g/mol. The third kappa shape index (κ3) is 6.86. The normalized spacial score (nSPS) is 14.2. The number of hydrogen-bond acceptors (Lipinski definition) is 6. The van der Waals surface area contributed by atoms with Crippen LogP contribution in [0.5, 0.6) is 0 Å². The number of carboxylic acids is 1. The summed E-state index contributed by atoms with van der Waals surface area (Å²) in [5.41, 5.74) is 3.55. The number of carbonyl (C=O) groups is 1. The van der Waals surface area contributed by atoms with Crippen molar-refractivity contribution in [3.8, 4) is 22.5 Å². The second-order valence-electron chi connectivity index (χ2n) is 7.94. The number of halogens is 6. The van der Waals surface area contributed by atoms with Crippen LogP contribution >= 0.6 is 0 Å². The second-order valence-corrected chi connectivity index (χ2v) is 7.94. The highest BCUT2D eigenvalue weighted by Gasteiger charge is 2.39. The van der Waals surface area contributed by atoms with Gasteiger partial charge in [-0.05, 0) is 30.3 Å². The molecule has 14 heteroatoms. The zero-order chi connectivity index (χ0) is 27.5. The summed E-state index contributed by atoms with van der Waals surface area (Å²) in [6, 6.07) is 6.07. The van der Waals surface area contributed by atoms with Gasteiger partial charge in [-0.15, -0.1) is 0 Å². The first kappa shape index (κ1) is 27.7. The number of nitrogens with two attached hydrogens (primary N) is 1. The molecule has 8 nitrogen and oxygen atoms in total. The summed E-state index contributed by atoms with van der Waals surface area (Å²) in [5.74, 6) is -2.94. The highest BCUT2D eigenvalue weighted by Crippen LogP contribution is 2.40. The van der Waals surface area contributed by atoms with Gasteiger partial charge in [0.25, 0.3) is 0 Å². The van der Waals surface area contributed by atoms with Gasteiger partial charge in [0.15, 0.2) is 0 Å². The minimum absolute atomic E-state index is 0.0370. The number of aromatic nitrogens is 3. The van der Waals surface area contributed by atoms with Crippen molar-refractivity contribution in [2.24, 2.45) is 0 Å². The monoisotopic (exact) mass is 530 g/mol. The van der Waals surface area contributed by atoms with Crippen molar-refractivity contribution in [2.45, 2.75) is 37.4 Å². The molecule has 3 aromatic rings. The molecule has 0 aliphatic rings. The van der Waals surface area contributed by atoms with Crippen LogP contribution in [-0.4, -0.2) is 48.0 Å². The van der Waals surface area contributed by atoms with Gasteiger partial charge in [0.2, 0.25) is 5.82 Å². The molecule has 2 aromatic heterocycles. The van der Waals surface area contributed by atoms with Crippen LogP contribution in [-0.2, 0) is 17.1 Å². The van der Waals surface area contributed by atoms with Gasteiger partial charge >= 0.3 is 18.3 Å². The fourth-order valence-electron chi connectivity index (χ4n) is 3.52. The molecule has 37 heavy (non-hydrogen) atoms. The third-order valence-electron chi connectivity index (χ3n) is 5.06. The molecule has 0 fully saturated rings. The van der Waals surface area contributed by atoms with Gasteiger partial charge in [-0.1, -0.05) is 12.1 Å². The molecule has 0 spiro atoms. The standard InChI is InChI=1S/C23H20F6N4O4/c24-22(25,26)14-3-1-2-13(8-14)20-19(12-4-6-31-17(30)9-12)32-21(23(27,28)29)33(20)7-5-15(34)10-16(35)11-18(36)37/h1-9,15-16,34-35H,10-11H2,(H2,30,31)(H,36,37)/b7-5+. The molecule has 0 aliphatic carbocycles. The maximum atomic E-state index is 14.0. The first-order valence-corrected chi connectivity index (χ1v) is 10.5. The number of imidazole rings is 1. The fourth-order valence-corrected chi connectivity index (χ4v) is 3.52. The summed E-state index contributed by atoms with van der Waals surface area (Å²) in [6.07, 6.45) is -11.4. The molecule has 2 heterocycles. The number of rotatable bonds is 8. The van der Waals surface area contributed by atoms with Gasteiger partial charge in [0.05, 0.1) is 35.6 Å². The number of anilines is 1. The Morgan fingerprint density at radius 2 is 1.76 bits per heavy atom. The number of nitrogens with zero attached hydrogens (tertiary/aromatic N) is 3. The Morgan fingerprint density at radius 3 is 2.35 bits per heavy atom. The van der Waals surface area contributed by atoms with Crippen molar-refractivity contribution >= 4 is 18.0 Å². The van der Waals surface area contributed by atoms with E-state index in [-0.39, 0.29) is 22.6 Å². The Bertz CT molecular complexity index is 1300. The lowest BCUT2D eigenvalue weighted by Gasteiger charge is -2.14. The molecule has 2 unspecified atom stereocenters. The van der Waals surface area contributed by atoms with E-state index in [2.05, 4.69) is 9.97 Å². The van der Waals surface area contributed by atoms with E-state index in [4.69, 9.17) is 10.8 Å². The summed E-state index contributed by atoms with van der Waals surface area (Å²) >= 11 is 0. The van der Waals surface area contributed by atoms with Crippen LogP contribution in [0.2, 0.25) is 0 Å². The van der Waals surface area contributed by atoms with Crippen LogP contribution in [0.15, 0.2) is 48.7 Å². The van der Waals surface area contributed by atoms with E-state index in [1.807, 2.05) is 0 Å². The zero-order valence-electron chi connectivity index (χ0n) is 18.7. The summed E-state index contributed by atoms with van der Waals surface area (Å²) < 4.78 is 82.6. The highest BCUT2D eigenvalue weighted by molar-refractivity contribution is 5.81. The van der Waals surface area contributed by atoms with Crippen LogP contribution in [0.25, 0.3) is 28.7 Å². The SMILES string of the molecule is Nc1cc(-c2nc(C(F)(F)F)n(/C=C/C(O)CC(O)CC(=O)O)c2-c2cccc(C(F)(F)F)c2)ccn1. The molecular formula is C23H20F6N4O4. The highest BCUT2D eigenvalue weighted by atomic mass is 19.4. The van der Waals surface area contributed by atoms with Gasteiger partial charge in [-0.2, -0.15) is 26.3 Å². The van der Waals surface area contributed by atoms with Crippen molar-refractivity contribution < 1.29 is 46.5 Å². The Morgan fingerprint density at radius 1 is 1.05 bits per heavy atom. The van der Waals surface area contributed by atoms with Crippen LogP contribution in [0, 0.1) is 0 Å².